The average Bonchev–Trinajstić information content (AvgIpc) is 2.76. The smallest absolute Gasteiger partial charge is 0.257 e. The average molecular weight is 413 g/mol. The van der Waals surface area contributed by atoms with Gasteiger partial charge in [0.25, 0.3) is 11.8 Å². The zero-order chi connectivity index (χ0) is 21.8. The van der Waals surface area contributed by atoms with Crippen molar-refractivity contribution in [1.29, 1.82) is 0 Å². The van der Waals surface area contributed by atoms with Gasteiger partial charge in [-0.25, -0.2) is 0 Å². The maximum atomic E-state index is 12.2. The molecule has 8 nitrogen and oxygen atoms in total. The Morgan fingerprint density at radius 3 is 2.40 bits per heavy atom. The largest absolute Gasteiger partial charge is 0.494 e. The van der Waals surface area contributed by atoms with Crippen molar-refractivity contribution in [1.82, 2.24) is 10.6 Å². The molecule has 0 atom stereocenters. The van der Waals surface area contributed by atoms with Crippen LogP contribution in [0.15, 0.2) is 48.5 Å². The minimum absolute atomic E-state index is 0.119. The number of carbonyl (C=O) groups is 3. The molecule has 0 fully saturated rings. The van der Waals surface area contributed by atoms with Crippen molar-refractivity contribution in [3.63, 3.8) is 0 Å². The third-order valence-corrected chi connectivity index (χ3v) is 4.06. The minimum atomic E-state index is -0.383. The van der Waals surface area contributed by atoms with Gasteiger partial charge in [-0.2, -0.15) is 0 Å². The first-order valence-electron chi connectivity index (χ1n) is 9.76. The van der Waals surface area contributed by atoms with Crippen LogP contribution >= 0.6 is 0 Å². The van der Waals surface area contributed by atoms with Crippen molar-refractivity contribution in [2.24, 2.45) is 0 Å². The van der Waals surface area contributed by atoms with E-state index >= 15 is 0 Å². The summed E-state index contributed by atoms with van der Waals surface area (Å²) in [6, 6.07) is 13.4. The molecule has 0 saturated carbocycles. The summed E-state index contributed by atoms with van der Waals surface area (Å²) in [5.41, 5.74) is 0.937. The lowest BCUT2D eigenvalue weighted by molar-refractivity contribution is -0.122. The summed E-state index contributed by atoms with van der Waals surface area (Å²) in [6.45, 7) is 2.43. The van der Waals surface area contributed by atoms with E-state index in [9.17, 15) is 14.4 Å². The van der Waals surface area contributed by atoms with Gasteiger partial charge in [-0.3, -0.25) is 14.4 Å². The molecule has 8 heteroatoms. The minimum Gasteiger partial charge on any atom is -0.494 e. The molecule has 0 aliphatic rings. The standard InChI is InChI=1S/C22H27N3O5/c1-3-4-12-29-18-10-8-16(9-11-18)22(28)24-14-20(26)25-17-6-5-7-19(13-17)30-15-21(27)23-2/h5-11,13H,3-4,12,14-15H2,1-2H3,(H,23,27)(H,24,28)(H,25,26). The Balaban J connectivity index is 1.80. The molecule has 30 heavy (non-hydrogen) atoms. The number of unbranched alkanes of at least 4 members (excludes halogenated alkanes) is 1. The molecule has 0 spiro atoms. The number of hydrogen-bond donors (Lipinski definition) is 3. The molecule has 2 aromatic carbocycles. The molecule has 0 aliphatic heterocycles. The molecule has 3 N–H and O–H groups in total. The summed E-state index contributed by atoms with van der Waals surface area (Å²) in [7, 11) is 1.52. The third-order valence-electron chi connectivity index (χ3n) is 4.06. The lowest BCUT2D eigenvalue weighted by Crippen LogP contribution is -2.32. The molecule has 0 unspecified atom stereocenters. The first-order valence-corrected chi connectivity index (χ1v) is 9.76. The van der Waals surface area contributed by atoms with Crippen molar-refractivity contribution in [2.45, 2.75) is 19.8 Å². The number of anilines is 1. The van der Waals surface area contributed by atoms with Gasteiger partial charge in [-0.15, -0.1) is 0 Å². The summed E-state index contributed by atoms with van der Waals surface area (Å²) in [5.74, 6) is 0.157. The van der Waals surface area contributed by atoms with Crippen molar-refractivity contribution in [3.8, 4) is 11.5 Å². The van der Waals surface area contributed by atoms with E-state index in [1.54, 1.807) is 48.5 Å². The van der Waals surface area contributed by atoms with E-state index in [0.717, 1.165) is 12.8 Å². The number of carbonyl (C=O) groups excluding carboxylic acids is 3. The van der Waals surface area contributed by atoms with Crippen LogP contribution in [0.1, 0.15) is 30.1 Å². The summed E-state index contributed by atoms with van der Waals surface area (Å²) in [5, 5.41) is 7.71. The molecule has 160 valence electrons. The maximum absolute atomic E-state index is 12.2. The summed E-state index contributed by atoms with van der Waals surface area (Å²) < 4.78 is 10.9. The van der Waals surface area contributed by atoms with Crippen LogP contribution in [0.2, 0.25) is 0 Å². The summed E-state index contributed by atoms with van der Waals surface area (Å²) in [4.78, 5) is 35.6. The second-order valence-corrected chi connectivity index (χ2v) is 6.45. The predicted octanol–water partition coefficient (Wildman–Crippen LogP) is 2.36. The van der Waals surface area contributed by atoms with Gasteiger partial charge in [-0.05, 0) is 42.8 Å². The summed E-state index contributed by atoms with van der Waals surface area (Å²) in [6.07, 6.45) is 2.02. The number of benzene rings is 2. The molecule has 0 aromatic heterocycles. The molecule has 0 aliphatic carbocycles. The molecular weight excluding hydrogens is 386 g/mol. The molecule has 0 saturated heterocycles. The molecular formula is C22H27N3O5. The normalized spacial score (nSPS) is 10.1. The van der Waals surface area contributed by atoms with E-state index in [1.807, 2.05) is 0 Å². The number of amides is 3. The Morgan fingerprint density at radius 1 is 0.933 bits per heavy atom. The lowest BCUT2D eigenvalue weighted by atomic mass is 10.2. The van der Waals surface area contributed by atoms with Gasteiger partial charge in [0.05, 0.1) is 13.2 Å². The van der Waals surface area contributed by atoms with E-state index < -0.39 is 0 Å². The Labute approximate surface area is 175 Å². The fourth-order valence-electron chi connectivity index (χ4n) is 2.39. The Bertz CT molecular complexity index is 852. The number of ether oxygens (including phenoxy) is 2. The van der Waals surface area contributed by atoms with E-state index in [0.29, 0.717) is 29.4 Å². The molecule has 0 heterocycles. The fourth-order valence-corrected chi connectivity index (χ4v) is 2.39. The first kappa shape index (κ1) is 22.7. The second kappa shape index (κ2) is 12.1. The van der Waals surface area contributed by atoms with Gasteiger partial charge < -0.3 is 25.4 Å². The van der Waals surface area contributed by atoms with E-state index in [4.69, 9.17) is 9.47 Å². The highest BCUT2D eigenvalue weighted by Gasteiger charge is 2.09. The Hall–Kier alpha value is -3.55. The topological polar surface area (TPSA) is 106 Å². The lowest BCUT2D eigenvalue weighted by Gasteiger charge is -2.10. The number of rotatable bonds is 11. The van der Waals surface area contributed by atoms with Crippen LogP contribution in [0, 0.1) is 0 Å². The van der Waals surface area contributed by atoms with Crippen molar-refractivity contribution >= 4 is 23.4 Å². The van der Waals surface area contributed by atoms with Gasteiger partial charge in [0.1, 0.15) is 11.5 Å². The fraction of sp³-hybridized carbons (Fsp3) is 0.318. The van der Waals surface area contributed by atoms with Gasteiger partial charge in [-0.1, -0.05) is 19.4 Å². The van der Waals surface area contributed by atoms with Crippen LogP contribution in [0.3, 0.4) is 0 Å². The zero-order valence-corrected chi connectivity index (χ0v) is 17.2. The van der Waals surface area contributed by atoms with Crippen LogP contribution in [0.5, 0.6) is 11.5 Å². The quantitative estimate of drug-likeness (QED) is 0.491. The van der Waals surface area contributed by atoms with Gasteiger partial charge in [0.15, 0.2) is 6.61 Å². The van der Waals surface area contributed by atoms with E-state index in [2.05, 4.69) is 22.9 Å². The highest BCUT2D eigenvalue weighted by molar-refractivity contribution is 5.99. The van der Waals surface area contributed by atoms with Crippen LogP contribution in [0.4, 0.5) is 5.69 Å². The van der Waals surface area contributed by atoms with Crippen LogP contribution in [-0.2, 0) is 9.59 Å². The zero-order valence-electron chi connectivity index (χ0n) is 17.2. The molecule has 2 rings (SSSR count). The maximum Gasteiger partial charge on any atom is 0.257 e. The Morgan fingerprint density at radius 2 is 1.70 bits per heavy atom. The SMILES string of the molecule is CCCCOc1ccc(C(=O)NCC(=O)Nc2cccc(OCC(=O)NC)c2)cc1. The predicted molar refractivity (Wildman–Crippen MR) is 114 cm³/mol. The first-order chi connectivity index (χ1) is 14.5. The van der Waals surface area contributed by atoms with Gasteiger partial charge >= 0.3 is 0 Å². The van der Waals surface area contributed by atoms with Crippen molar-refractivity contribution in [3.05, 3.63) is 54.1 Å². The Kier molecular flexibility index (Phi) is 9.18. The molecule has 0 radical (unpaired) electrons. The number of hydrogen-bond acceptors (Lipinski definition) is 5. The van der Waals surface area contributed by atoms with Crippen LogP contribution in [0.25, 0.3) is 0 Å². The van der Waals surface area contributed by atoms with Crippen LogP contribution in [-0.4, -0.2) is 44.5 Å². The number of nitrogens with one attached hydrogen (secondary N) is 3. The van der Waals surface area contributed by atoms with Gasteiger partial charge in [0, 0.05) is 24.4 Å². The molecule has 2 aromatic rings. The van der Waals surface area contributed by atoms with E-state index in [-0.39, 0.29) is 30.9 Å². The van der Waals surface area contributed by atoms with Crippen molar-refractivity contribution < 1.29 is 23.9 Å². The highest BCUT2D eigenvalue weighted by Crippen LogP contribution is 2.17. The van der Waals surface area contributed by atoms with Gasteiger partial charge in [0.2, 0.25) is 5.91 Å². The third kappa shape index (κ3) is 7.83. The van der Waals surface area contributed by atoms with Crippen LogP contribution < -0.4 is 25.4 Å². The molecule has 3 amide bonds. The number of likely N-dealkylation sites (N-methyl/N-ethyl adjacent to an activating group) is 1. The summed E-state index contributed by atoms with van der Waals surface area (Å²) >= 11 is 0. The second-order valence-electron chi connectivity index (χ2n) is 6.45. The van der Waals surface area contributed by atoms with Crippen molar-refractivity contribution in [2.75, 3.05) is 32.1 Å². The molecule has 0 bridgehead atoms. The highest BCUT2D eigenvalue weighted by atomic mass is 16.5. The monoisotopic (exact) mass is 413 g/mol. The van der Waals surface area contributed by atoms with E-state index in [1.165, 1.54) is 7.05 Å².